The van der Waals surface area contributed by atoms with Gasteiger partial charge < -0.3 is 25.6 Å². The Hall–Kier alpha value is -2.94. The van der Waals surface area contributed by atoms with Crippen LogP contribution in [0.4, 0.5) is 4.79 Å². The summed E-state index contributed by atoms with van der Waals surface area (Å²) in [6.45, 7) is 4.12. The summed E-state index contributed by atoms with van der Waals surface area (Å²) in [7, 11) is 0. The number of ether oxygens (including phenoxy) is 1. The Morgan fingerprint density at radius 3 is 2.37 bits per heavy atom. The van der Waals surface area contributed by atoms with Crippen molar-refractivity contribution in [3.05, 3.63) is 35.9 Å². The zero-order valence-corrected chi connectivity index (χ0v) is 20.6. The van der Waals surface area contributed by atoms with Gasteiger partial charge in [-0.25, -0.2) is 4.79 Å². The van der Waals surface area contributed by atoms with Crippen LogP contribution in [0.2, 0.25) is 0 Å². The van der Waals surface area contributed by atoms with Gasteiger partial charge in [0.15, 0.2) is 0 Å². The number of urea groups is 1. The molecular formula is C26H38N4O5. The van der Waals surface area contributed by atoms with Crippen molar-refractivity contribution in [2.75, 3.05) is 26.3 Å². The maximum absolute atomic E-state index is 13.6. The van der Waals surface area contributed by atoms with Gasteiger partial charge in [-0.3, -0.25) is 14.4 Å². The first-order valence-corrected chi connectivity index (χ1v) is 12.8. The van der Waals surface area contributed by atoms with E-state index >= 15 is 0 Å². The highest BCUT2D eigenvalue weighted by molar-refractivity contribution is 6.38. The predicted octanol–water partition coefficient (Wildman–Crippen LogP) is 2.29. The van der Waals surface area contributed by atoms with Gasteiger partial charge in [-0.2, -0.15) is 0 Å². The minimum absolute atomic E-state index is 0.236. The van der Waals surface area contributed by atoms with E-state index in [1.54, 1.807) is 4.90 Å². The number of hydrogen-bond acceptors (Lipinski definition) is 5. The third kappa shape index (κ3) is 7.52. The van der Waals surface area contributed by atoms with E-state index in [4.69, 9.17) is 4.74 Å². The Kier molecular flexibility index (Phi) is 10.1. The smallest absolute Gasteiger partial charge is 0.318 e. The number of unbranched alkanes of at least 4 members (excludes halogenated alkanes) is 1. The fraction of sp³-hybridized carbons (Fsp3) is 0.615. The van der Waals surface area contributed by atoms with Gasteiger partial charge in [0.05, 0.1) is 19.3 Å². The van der Waals surface area contributed by atoms with Gasteiger partial charge in [0.25, 0.3) is 5.91 Å². The molecule has 9 heteroatoms. The van der Waals surface area contributed by atoms with E-state index in [2.05, 4.69) is 16.0 Å². The van der Waals surface area contributed by atoms with Crippen LogP contribution in [0.25, 0.3) is 0 Å². The number of morpholine rings is 1. The molecule has 1 aromatic carbocycles. The monoisotopic (exact) mass is 486 g/mol. The zero-order chi connectivity index (χ0) is 25.1. The lowest BCUT2D eigenvalue weighted by Gasteiger charge is -2.39. The normalized spacial score (nSPS) is 18.3. The fourth-order valence-corrected chi connectivity index (χ4v) is 4.61. The van der Waals surface area contributed by atoms with Gasteiger partial charge in [0.1, 0.15) is 5.54 Å². The number of Topliss-reactive ketones (excluding diaryl/α,β-unsaturated/α-hetero) is 1. The molecule has 35 heavy (non-hydrogen) atoms. The number of nitrogens with one attached hydrogen (secondary N) is 3. The Labute approximate surface area is 207 Å². The van der Waals surface area contributed by atoms with E-state index in [1.807, 2.05) is 37.3 Å². The van der Waals surface area contributed by atoms with Crippen LogP contribution in [0.3, 0.4) is 0 Å². The molecule has 2 fully saturated rings. The zero-order valence-electron chi connectivity index (χ0n) is 20.6. The van der Waals surface area contributed by atoms with Crippen molar-refractivity contribution in [1.82, 2.24) is 20.9 Å². The number of benzene rings is 1. The molecule has 1 atom stereocenters. The third-order valence-corrected chi connectivity index (χ3v) is 6.77. The molecule has 1 saturated heterocycles. The van der Waals surface area contributed by atoms with E-state index in [-0.39, 0.29) is 18.5 Å². The van der Waals surface area contributed by atoms with Gasteiger partial charge in [-0.1, -0.05) is 69.4 Å². The predicted molar refractivity (Wildman–Crippen MR) is 131 cm³/mol. The maximum atomic E-state index is 13.6. The highest BCUT2D eigenvalue weighted by Crippen LogP contribution is 2.29. The lowest BCUT2D eigenvalue weighted by Crippen LogP contribution is -2.64. The Balaban J connectivity index is 1.67. The highest BCUT2D eigenvalue weighted by Gasteiger charge is 2.43. The first-order chi connectivity index (χ1) is 16.9. The van der Waals surface area contributed by atoms with Crippen LogP contribution >= 0.6 is 0 Å². The van der Waals surface area contributed by atoms with Crippen molar-refractivity contribution in [3.63, 3.8) is 0 Å². The van der Waals surface area contributed by atoms with Crippen molar-refractivity contribution >= 4 is 23.6 Å². The number of carbonyl (C=O) groups excluding carboxylic acids is 4. The molecular weight excluding hydrogens is 448 g/mol. The second-order valence-corrected chi connectivity index (χ2v) is 9.37. The molecule has 1 heterocycles. The summed E-state index contributed by atoms with van der Waals surface area (Å²) >= 11 is 0. The molecule has 1 aliphatic heterocycles. The minimum Gasteiger partial charge on any atom is -0.378 e. The topological polar surface area (TPSA) is 117 Å². The first-order valence-electron chi connectivity index (χ1n) is 12.8. The van der Waals surface area contributed by atoms with Crippen LogP contribution in [-0.4, -0.2) is 66.4 Å². The van der Waals surface area contributed by atoms with Gasteiger partial charge in [0.2, 0.25) is 11.7 Å². The molecule has 1 unspecified atom stereocenters. The summed E-state index contributed by atoms with van der Waals surface area (Å²) in [6.07, 6.45) is 5.49. The van der Waals surface area contributed by atoms with Gasteiger partial charge in [0, 0.05) is 19.6 Å². The van der Waals surface area contributed by atoms with E-state index in [0.29, 0.717) is 52.0 Å². The van der Waals surface area contributed by atoms with Crippen LogP contribution in [0.15, 0.2) is 30.3 Å². The van der Waals surface area contributed by atoms with Crippen molar-refractivity contribution in [2.24, 2.45) is 0 Å². The Bertz CT molecular complexity index is 864. The SMILES string of the molecule is CCCCC(NC(=O)C1(NC(=O)N2CCOCC2)CCCCC1)C(=O)C(=O)NCc1ccccc1. The van der Waals surface area contributed by atoms with E-state index in [9.17, 15) is 19.2 Å². The second-order valence-electron chi connectivity index (χ2n) is 9.37. The minimum atomic E-state index is -1.08. The lowest BCUT2D eigenvalue weighted by molar-refractivity contribution is -0.141. The summed E-state index contributed by atoms with van der Waals surface area (Å²) in [5.41, 5.74) is -0.200. The largest absolute Gasteiger partial charge is 0.378 e. The average Bonchev–Trinajstić information content (AvgIpc) is 2.90. The quantitative estimate of drug-likeness (QED) is 0.439. The Morgan fingerprint density at radius 1 is 1.03 bits per heavy atom. The van der Waals surface area contributed by atoms with E-state index in [1.165, 1.54) is 0 Å². The van der Waals surface area contributed by atoms with Crippen LogP contribution in [0, 0.1) is 0 Å². The van der Waals surface area contributed by atoms with Gasteiger partial charge in [-0.05, 0) is 24.8 Å². The second kappa shape index (κ2) is 13.2. The molecule has 3 N–H and O–H groups in total. The molecule has 1 aromatic rings. The molecule has 1 aliphatic carbocycles. The summed E-state index contributed by atoms with van der Waals surface area (Å²) in [4.78, 5) is 53.8. The van der Waals surface area contributed by atoms with Crippen LogP contribution in [-0.2, 0) is 25.7 Å². The van der Waals surface area contributed by atoms with E-state index in [0.717, 1.165) is 31.2 Å². The molecule has 0 aromatic heterocycles. The number of hydrogen-bond donors (Lipinski definition) is 3. The first kappa shape index (κ1) is 26.7. The van der Waals surface area contributed by atoms with Crippen molar-refractivity contribution in [1.29, 1.82) is 0 Å². The maximum Gasteiger partial charge on any atom is 0.318 e. The number of ketones is 1. The Morgan fingerprint density at radius 2 is 1.71 bits per heavy atom. The molecule has 0 bridgehead atoms. The summed E-state index contributed by atoms with van der Waals surface area (Å²) in [6, 6.07) is 8.12. The molecule has 2 aliphatic rings. The van der Waals surface area contributed by atoms with Crippen molar-refractivity contribution in [2.45, 2.75) is 76.4 Å². The molecule has 4 amide bonds. The molecule has 1 saturated carbocycles. The molecule has 0 radical (unpaired) electrons. The number of amides is 4. The third-order valence-electron chi connectivity index (χ3n) is 6.77. The van der Waals surface area contributed by atoms with Crippen molar-refractivity contribution < 1.29 is 23.9 Å². The van der Waals surface area contributed by atoms with Crippen LogP contribution in [0.1, 0.15) is 63.9 Å². The number of carbonyl (C=O) groups is 4. The highest BCUT2D eigenvalue weighted by atomic mass is 16.5. The summed E-state index contributed by atoms with van der Waals surface area (Å²) < 4.78 is 5.32. The number of nitrogens with zero attached hydrogens (tertiary/aromatic N) is 1. The summed E-state index contributed by atoms with van der Waals surface area (Å²) in [5, 5.41) is 8.49. The fourth-order valence-electron chi connectivity index (χ4n) is 4.61. The summed E-state index contributed by atoms with van der Waals surface area (Å²) in [5.74, 6) is -1.76. The number of rotatable bonds is 10. The van der Waals surface area contributed by atoms with Gasteiger partial charge in [-0.15, -0.1) is 0 Å². The standard InChI is InChI=1S/C26H38N4O5/c1-2-3-12-21(22(31)23(32)27-19-20-10-6-4-7-11-20)28-24(33)26(13-8-5-9-14-26)29-25(34)30-15-17-35-18-16-30/h4,6-7,10-11,21H,2-3,5,8-9,12-19H2,1H3,(H,27,32)(H,28,33)(H,29,34). The molecule has 9 nitrogen and oxygen atoms in total. The van der Waals surface area contributed by atoms with E-state index < -0.39 is 23.3 Å². The molecule has 0 spiro atoms. The average molecular weight is 487 g/mol. The van der Waals surface area contributed by atoms with Crippen LogP contribution < -0.4 is 16.0 Å². The molecule has 3 rings (SSSR count). The van der Waals surface area contributed by atoms with Crippen molar-refractivity contribution in [3.8, 4) is 0 Å². The van der Waals surface area contributed by atoms with Crippen LogP contribution in [0.5, 0.6) is 0 Å². The molecule has 192 valence electrons. The lowest BCUT2D eigenvalue weighted by atomic mass is 9.80. The van der Waals surface area contributed by atoms with Gasteiger partial charge >= 0.3 is 6.03 Å².